The molecule has 7 heteroatoms. The molecule has 0 aliphatic carbocycles. The summed E-state index contributed by atoms with van der Waals surface area (Å²) in [5.74, 6) is 1.39. The highest BCUT2D eigenvalue weighted by atomic mass is 32.1. The highest BCUT2D eigenvalue weighted by molar-refractivity contribution is 7.13. The second kappa shape index (κ2) is 7.02. The van der Waals surface area contributed by atoms with E-state index in [4.69, 9.17) is 9.26 Å². The van der Waals surface area contributed by atoms with Gasteiger partial charge in [-0.2, -0.15) is 4.98 Å². The van der Waals surface area contributed by atoms with Gasteiger partial charge in [-0.3, -0.25) is 4.79 Å². The zero-order valence-corrected chi connectivity index (χ0v) is 13.3. The molecule has 1 aliphatic heterocycles. The molecule has 118 valence electrons. The van der Waals surface area contributed by atoms with Crippen LogP contribution < -0.4 is 0 Å². The number of hydrogen-bond donors (Lipinski definition) is 0. The van der Waals surface area contributed by atoms with Crippen LogP contribution in [0, 0.1) is 0 Å². The second-order valence-electron chi connectivity index (χ2n) is 5.35. The van der Waals surface area contributed by atoms with Crippen LogP contribution in [-0.2, 0) is 16.0 Å². The van der Waals surface area contributed by atoms with Crippen LogP contribution in [0.25, 0.3) is 10.7 Å². The summed E-state index contributed by atoms with van der Waals surface area (Å²) in [6, 6.07) is 4.08. The van der Waals surface area contributed by atoms with Crippen LogP contribution in [0.2, 0.25) is 0 Å². The number of amides is 1. The van der Waals surface area contributed by atoms with Crippen molar-refractivity contribution in [3.8, 4) is 10.7 Å². The third-order valence-electron chi connectivity index (χ3n) is 3.68. The molecule has 0 spiro atoms. The molecule has 1 aliphatic rings. The van der Waals surface area contributed by atoms with Gasteiger partial charge in [0.25, 0.3) is 0 Å². The average Bonchev–Trinajstić information content (AvgIpc) is 3.18. The maximum Gasteiger partial charge on any atom is 0.226 e. The van der Waals surface area contributed by atoms with E-state index >= 15 is 0 Å². The molecular formula is C15H19N3O3S. The van der Waals surface area contributed by atoms with Gasteiger partial charge in [-0.25, -0.2) is 0 Å². The number of hydrogen-bond acceptors (Lipinski definition) is 6. The first-order valence-corrected chi connectivity index (χ1v) is 8.35. The molecule has 1 unspecified atom stereocenters. The topological polar surface area (TPSA) is 68.5 Å². The lowest BCUT2D eigenvalue weighted by atomic mass is 10.2. The molecule has 0 bridgehead atoms. The van der Waals surface area contributed by atoms with Crippen molar-refractivity contribution < 1.29 is 14.1 Å². The van der Waals surface area contributed by atoms with Crippen LogP contribution in [-0.4, -0.2) is 46.7 Å². The Labute approximate surface area is 133 Å². The molecule has 1 amide bonds. The molecule has 22 heavy (non-hydrogen) atoms. The Morgan fingerprint density at radius 2 is 2.45 bits per heavy atom. The van der Waals surface area contributed by atoms with E-state index in [2.05, 4.69) is 10.1 Å². The van der Waals surface area contributed by atoms with Crippen LogP contribution >= 0.6 is 11.3 Å². The van der Waals surface area contributed by atoms with Gasteiger partial charge >= 0.3 is 0 Å². The van der Waals surface area contributed by atoms with Gasteiger partial charge in [-0.1, -0.05) is 11.2 Å². The minimum atomic E-state index is 0.162. The van der Waals surface area contributed by atoms with E-state index in [-0.39, 0.29) is 11.9 Å². The van der Waals surface area contributed by atoms with Crippen molar-refractivity contribution >= 4 is 17.2 Å². The predicted octanol–water partition coefficient (Wildman–Crippen LogP) is 2.37. The van der Waals surface area contributed by atoms with Crippen molar-refractivity contribution in [1.82, 2.24) is 15.0 Å². The highest BCUT2D eigenvalue weighted by Crippen LogP contribution is 2.21. The summed E-state index contributed by atoms with van der Waals surface area (Å²) in [5.41, 5.74) is 0. The summed E-state index contributed by atoms with van der Waals surface area (Å²) in [6.07, 6.45) is 1.85. The summed E-state index contributed by atoms with van der Waals surface area (Å²) in [5, 5.41) is 5.95. The van der Waals surface area contributed by atoms with Gasteiger partial charge < -0.3 is 14.2 Å². The van der Waals surface area contributed by atoms with Crippen molar-refractivity contribution in [3.05, 3.63) is 23.4 Å². The fraction of sp³-hybridized carbons (Fsp3) is 0.533. The number of rotatable bonds is 5. The Morgan fingerprint density at radius 1 is 1.55 bits per heavy atom. The van der Waals surface area contributed by atoms with Gasteiger partial charge in [-0.15, -0.1) is 11.3 Å². The van der Waals surface area contributed by atoms with Crippen LogP contribution in [0.5, 0.6) is 0 Å². The summed E-state index contributed by atoms with van der Waals surface area (Å²) < 4.78 is 10.6. The summed E-state index contributed by atoms with van der Waals surface area (Å²) in [7, 11) is 0. The lowest BCUT2D eigenvalue weighted by molar-refractivity contribution is -0.139. The molecule has 0 saturated carbocycles. The number of thiophene rings is 1. The Morgan fingerprint density at radius 3 is 3.23 bits per heavy atom. The number of morpholine rings is 1. The fourth-order valence-corrected chi connectivity index (χ4v) is 3.14. The van der Waals surface area contributed by atoms with Gasteiger partial charge in [0.2, 0.25) is 17.6 Å². The van der Waals surface area contributed by atoms with E-state index in [1.807, 2.05) is 29.3 Å². The summed E-state index contributed by atoms with van der Waals surface area (Å²) in [6.45, 7) is 3.95. The van der Waals surface area contributed by atoms with Crippen LogP contribution in [0.15, 0.2) is 22.0 Å². The molecule has 1 saturated heterocycles. The monoisotopic (exact) mass is 321 g/mol. The van der Waals surface area contributed by atoms with Gasteiger partial charge in [-0.05, 0) is 24.8 Å². The summed E-state index contributed by atoms with van der Waals surface area (Å²) >= 11 is 1.58. The lowest BCUT2D eigenvalue weighted by Gasteiger charge is -2.33. The molecule has 1 fully saturated rings. The van der Waals surface area contributed by atoms with Gasteiger partial charge in [0.1, 0.15) is 0 Å². The SMILES string of the molecule is CC1COCCN1C(=O)CCCc1nc(-c2cccs2)no1. The first kappa shape index (κ1) is 15.2. The smallest absolute Gasteiger partial charge is 0.226 e. The Hall–Kier alpha value is -1.73. The van der Waals surface area contributed by atoms with Crippen molar-refractivity contribution in [1.29, 1.82) is 0 Å². The van der Waals surface area contributed by atoms with Crippen molar-refractivity contribution in [3.63, 3.8) is 0 Å². The zero-order chi connectivity index (χ0) is 15.4. The minimum absolute atomic E-state index is 0.162. The van der Waals surface area contributed by atoms with E-state index in [1.54, 1.807) is 11.3 Å². The molecule has 3 rings (SSSR count). The molecule has 0 radical (unpaired) electrons. The first-order chi connectivity index (χ1) is 10.7. The maximum absolute atomic E-state index is 12.2. The molecule has 3 heterocycles. The normalized spacial score (nSPS) is 18.6. The number of aryl methyl sites for hydroxylation is 1. The van der Waals surface area contributed by atoms with Gasteiger partial charge in [0.15, 0.2) is 0 Å². The number of carbonyl (C=O) groups excluding carboxylic acids is 1. The molecule has 2 aromatic rings. The summed E-state index contributed by atoms with van der Waals surface area (Å²) in [4.78, 5) is 19.5. The van der Waals surface area contributed by atoms with Crippen molar-refractivity contribution in [2.24, 2.45) is 0 Å². The van der Waals surface area contributed by atoms with Gasteiger partial charge in [0, 0.05) is 19.4 Å². The molecule has 2 aromatic heterocycles. The zero-order valence-electron chi connectivity index (χ0n) is 12.5. The van der Waals surface area contributed by atoms with Crippen molar-refractivity contribution in [2.45, 2.75) is 32.2 Å². The third kappa shape index (κ3) is 3.53. The van der Waals surface area contributed by atoms with Crippen LogP contribution in [0.3, 0.4) is 0 Å². The number of ether oxygens (including phenoxy) is 1. The standard InChI is InChI=1S/C15H19N3O3S/c1-11-10-20-8-7-18(11)14(19)6-2-5-13-16-15(17-21-13)12-4-3-9-22-12/h3-4,9,11H,2,5-8,10H2,1H3. The maximum atomic E-state index is 12.2. The molecule has 1 atom stereocenters. The molecular weight excluding hydrogens is 302 g/mol. The number of nitrogens with zero attached hydrogens (tertiary/aromatic N) is 3. The molecule has 0 aromatic carbocycles. The van der Waals surface area contributed by atoms with Crippen molar-refractivity contribution in [2.75, 3.05) is 19.8 Å². The largest absolute Gasteiger partial charge is 0.377 e. The first-order valence-electron chi connectivity index (χ1n) is 7.47. The predicted molar refractivity (Wildman–Crippen MR) is 82.5 cm³/mol. The third-order valence-corrected chi connectivity index (χ3v) is 4.54. The van der Waals surface area contributed by atoms with E-state index in [0.717, 1.165) is 11.3 Å². The van der Waals surface area contributed by atoms with E-state index in [1.165, 1.54) is 0 Å². The number of carbonyl (C=O) groups is 1. The van der Waals surface area contributed by atoms with Crippen LogP contribution in [0.4, 0.5) is 0 Å². The Balaban J connectivity index is 1.48. The minimum Gasteiger partial charge on any atom is -0.377 e. The van der Waals surface area contributed by atoms with E-state index in [0.29, 0.717) is 44.3 Å². The lowest BCUT2D eigenvalue weighted by Crippen LogP contribution is -2.47. The average molecular weight is 321 g/mol. The van der Waals surface area contributed by atoms with E-state index < -0.39 is 0 Å². The Bertz CT molecular complexity index is 611. The molecule has 6 nitrogen and oxygen atoms in total. The highest BCUT2D eigenvalue weighted by Gasteiger charge is 2.23. The quantitative estimate of drug-likeness (QED) is 0.845. The van der Waals surface area contributed by atoms with E-state index in [9.17, 15) is 4.79 Å². The fourth-order valence-electron chi connectivity index (χ4n) is 2.49. The second-order valence-corrected chi connectivity index (χ2v) is 6.30. The molecule has 0 N–H and O–H groups in total. The number of aromatic nitrogens is 2. The van der Waals surface area contributed by atoms with Gasteiger partial charge in [0.05, 0.1) is 24.1 Å². The Kier molecular flexibility index (Phi) is 4.84. The van der Waals surface area contributed by atoms with Crippen LogP contribution in [0.1, 0.15) is 25.7 Å².